The minimum atomic E-state index is -0.974. The first-order valence-corrected chi connectivity index (χ1v) is 11.3. The predicted octanol–water partition coefficient (Wildman–Crippen LogP) is 4.51. The van der Waals surface area contributed by atoms with Crippen LogP contribution in [0, 0.1) is 0 Å². The van der Waals surface area contributed by atoms with Crippen LogP contribution in [0.5, 0.6) is 11.5 Å². The highest BCUT2D eigenvalue weighted by Gasteiger charge is 2.47. The summed E-state index contributed by atoms with van der Waals surface area (Å²) in [5.41, 5.74) is 1.28. The van der Waals surface area contributed by atoms with Crippen LogP contribution in [0.2, 0.25) is 0 Å². The van der Waals surface area contributed by atoms with Crippen LogP contribution in [-0.2, 0) is 14.3 Å². The number of anilines is 1. The van der Waals surface area contributed by atoms with E-state index in [-0.39, 0.29) is 29.1 Å². The van der Waals surface area contributed by atoms with E-state index in [9.17, 15) is 19.5 Å². The van der Waals surface area contributed by atoms with Gasteiger partial charge in [0.1, 0.15) is 17.3 Å². The number of carbonyl (C=O) groups is 3. The van der Waals surface area contributed by atoms with E-state index in [1.165, 1.54) is 25.2 Å². The molecule has 184 valence electrons. The number of amides is 1. The molecule has 0 spiro atoms. The van der Waals surface area contributed by atoms with Gasteiger partial charge in [0, 0.05) is 5.69 Å². The van der Waals surface area contributed by atoms with Gasteiger partial charge in [0.15, 0.2) is 0 Å². The molecule has 8 heteroatoms. The summed E-state index contributed by atoms with van der Waals surface area (Å²) >= 11 is 0. The fourth-order valence-electron chi connectivity index (χ4n) is 4.18. The van der Waals surface area contributed by atoms with E-state index in [0.29, 0.717) is 22.7 Å². The van der Waals surface area contributed by atoms with Gasteiger partial charge < -0.3 is 19.3 Å². The molecule has 3 aromatic carbocycles. The van der Waals surface area contributed by atoms with E-state index in [1.807, 2.05) is 0 Å². The van der Waals surface area contributed by atoms with Crippen molar-refractivity contribution in [1.29, 1.82) is 0 Å². The number of ether oxygens (including phenoxy) is 3. The van der Waals surface area contributed by atoms with Gasteiger partial charge in [-0.1, -0.05) is 30.3 Å². The maximum absolute atomic E-state index is 13.4. The average Bonchev–Trinajstić information content (AvgIpc) is 3.18. The van der Waals surface area contributed by atoms with Crippen LogP contribution < -0.4 is 14.4 Å². The zero-order valence-electron chi connectivity index (χ0n) is 20.1. The number of ketones is 1. The maximum atomic E-state index is 13.4. The predicted molar refractivity (Wildman–Crippen MR) is 133 cm³/mol. The van der Waals surface area contributed by atoms with E-state index in [2.05, 4.69) is 0 Å². The Morgan fingerprint density at radius 2 is 1.67 bits per heavy atom. The minimum absolute atomic E-state index is 0.101. The molecule has 3 aromatic rings. The lowest BCUT2D eigenvalue weighted by atomic mass is 9.94. The molecule has 1 atom stereocenters. The number of rotatable bonds is 7. The highest BCUT2D eigenvalue weighted by molar-refractivity contribution is 6.51. The summed E-state index contributed by atoms with van der Waals surface area (Å²) in [5.74, 6) is -1.68. The van der Waals surface area contributed by atoms with Crippen LogP contribution in [0.25, 0.3) is 5.76 Å². The molecule has 0 radical (unpaired) electrons. The number of methoxy groups -OCH3 is 2. The summed E-state index contributed by atoms with van der Waals surface area (Å²) in [4.78, 5) is 40.4. The van der Waals surface area contributed by atoms with Crippen LogP contribution in [0.3, 0.4) is 0 Å². The van der Waals surface area contributed by atoms with Crippen LogP contribution >= 0.6 is 0 Å². The minimum Gasteiger partial charge on any atom is -0.507 e. The van der Waals surface area contributed by atoms with Crippen LogP contribution in [0.1, 0.15) is 34.5 Å². The number of Topliss-reactive ketones (excluding diaryl/α,β-unsaturated/α-hetero) is 1. The number of nitrogens with zero attached hydrogens (tertiary/aromatic N) is 1. The number of hydrogen-bond donors (Lipinski definition) is 1. The first-order valence-electron chi connectivity index (χ1n) is 11.3. The second kappa shape index (κ2) is 10.4. The van der Waals surface area contributed by atoms with Gasteiger partial charge in [-0.15, -0.1) is 0 Å². The third-order valence-corrected chi connectivity index (χ3v) is 5.87. The third kappa shape index (κ3) is 4.40. The second-order valence-corrected chi connectivity index (χ2v) is 7.91. The lowest BCUT2D eigenvalue weighted by Gasteiger charge is -2.26. The third-order valence-electron chi connectivity index (χ3n) is 5.87. The normalized spacial score (nSPS) is 16.6. The lowest BCUT2D eigenvalue weighted by Crippen LogP contribution is -2.29. The van der Waals surface area contributed by atoms with Gasteiger partial charge in [0.05, 0.1) is 43.6 Å². The summed E-state index contributed by atoms with van der Waals surface area (Å²) in [6.45, 7) is 1.89. The summed E-state index contributed by atoms with van der Waals surface area (Å²) in [7, 11) is 2.98. The molecule has 8 nitrogen and oxygen atoms in total. The van der Waals surface area contributed by atoms with Crippen molar-refractivity contribution in [3.8, 4) is 11.5 Å². The van der Waals surface area contributed by atoms with Gasteiger partial charge in [-0.2, -0.15) is 0 Å². The summed E-state index contributed by atoms with van der Waals surface area (Å²) < 4.78 is 15.7. The number of hydrogen-bond acceptors (Lipinski definition) is 7. The monoisotopic (exact) mass is 487 g/mol. The first-order chi connectivity index (χ1) is 17.4. The number of esters is 1. The Hall–Kier alpha value is -4.59. The Balaban J connectivity index is 1.93. The number of aliphatic hydroxyl groups is 1. The highest BCUT2D eigenvalue weighted by atomic mass is 16.5. The Bertz CT molecular complexity index is 1340. The molecule has 0 bridgehead atoms. The highest BCUT2D eigenvalue weighted by Crippen LogP contribution is 2.43. The van der Waals surface area contributed by atoms with E-state index in [0.717, 1.165) is 0 Å². The van der Waals surface area contributed by atoms with Gasteiger partial charge in [-0.05, 0) is 55.0 Å². The van der Waals surface area contributed by atoms with Gasteiger partial charge in [0.25, 0.3) is 11.7 Å². The van der Waals surface area contributed by atoms with Crippen molar-refractivity contribution >= 4 is 29.1 Å². The van der Waals surface area contributed by atoms with Gasteiger partial charge in [-0.3, -0.25) is 14.5 Å². The molecule has 4 rings (SSSR count). The molecule has 1 unspecified atom stereocenters. The molecule has 1 aliphatic rings. The molecule has 36 heavy (non-hydrogen) atoms. The largest absolute Gasteiger partial charge is 0.507 e. The van der Waals surface area contributed by atoms with Gasteiger partial charge in [0.2, 0.25) is 0 Å². The fourth-order valence-corrected chi connectivity index (χ4v) is 4.18. The number of carbonyl (C=O) groups excluding carboxylic acids is 3. The van der Waals surface area contributed by atoms with Crippen molar-refractivity contribution in [2.75, 3.05) is 25.7 Å². The van der Waals surface area contributed by atoms with Crippen molar-refractivity contribution < 1.29 is 33.7 Å². The summed E-state index contributed by atoms with van der Waals surface area (Å²) in [6.07, 6.45) is 0. The smallest absolute Gasteiger partial charge is 0.338 e. The van der Waals surface area contributed by atoms with Gasteiger partial charge >= 0.3 is 5.97 Å². The summed E-state index contributed by atoms with van der Waals surface area (Å²) in [6, 6.07) is 18.8. The van der Waals surface area contributed by atoms with Gasteiger partial charge in [-0.25, -0.2) is 4.79 Å². The van der Waals surface area contributed by atoms with Crippen molar-refractivity contribution in [1.82, 2.24) is 0 Å². The molecule has 1 aliphatic heterocycles. The average molecular weight is 488 g/mol. The topological polar surface area (TPSA) is 102 Å². The maximum Gasteiger partial charge on any atom is 0.338 e. The van der Waals surface area contributed by atoms with Crippen molar-refractivity contribution in [2.24, 2.45) is 0 Å². The molecule has 0 aliphatic carbocycles. The van der Waals surface area contributed by atoms with E-state index < -0.39 is 23.7 Å². The molecule has 0 saturated carbocycles. The SMILES string of the molecule is CCOC(=O)c1cccc(N2C(=O)C(=O)/C(=C(/O)c3ccccc3OC)C2c2ccc(OC)cc2)c1. The van der Waals surface area contributed by atoms with E-state index in [4.69, 9.17) is 14.2 Å². The number of para-hydroxylation sites is 1. The molecule has 0 aromatic heterocycles. The molecule has 1 fully saturated rings. The van der Waals surface area contributed by atoms with Crippen molar-refractivity contribution in [3.63, 3.8) is 0 Å². The van der Waals surface area contributed by atoms with Crippen LogP contribution in [0.4, 0.5) is 5.69 Å². The first kappa shape index (κ1) is 24.5. The fraction of sp³-hybridized carbons (Fsp3) is 0.179. The zero-order valence-corrected chi connectivity index (χ0v) is 20.1. The van der Waals surface area contributed by atoms with Crippen molar-refractivity contribution in [3.05, 3.63) is 95.1 Å². The molecular formula is C28H25NO7. The van der Waals surface area contributed by atoms with E-state index >= 15 is 0 Å². The Morgan fingerprint density at radius 1 is 0.944 bits per heavy atom. The number of aliphatic hydroxyl groups excluding tert-OH is 1. The summed E-state index contributed by atoms with van der Waals surface area (Å²) in [5, 5.41) is 11.3. The van der Waals surface area contributed by atoms with Crippen molar-refractivity contribution in [2.45, 2.75) is 13.0 Å². The molecule has 1 amide bonds. The standard InChI is InChI=1S/C28H25NO7/c1-4-36-28(33)18-8-7-9-19(16-18)29-24(17-12-14-20(34-2)15-13-17)23(26(31)27(29)32)25(30)21-10-5-6-11-22(21)35-3/h5-16,24,30H,4H2,1-3H3/b25-23+. The lowest BCUT2D eigenvalue weighted by molar-refractivity contribution is -0.132. The molecular weight excluding hydrogens is 462 g/mol. The Morgan fingerprint density at radius 3 is 2.33 bits per heavy atom. The Labute approximate surface area is 208 Å². The quantitative estimate of drug-likeness (QED) is 0.226. The van der Waals surface area contributed by atoms with Crippen LogP contribution in [0.15, 0.2) is 78.4 Å². The molecule has 1 heterocycles. The molecule has 1 saturated heterocycles. The number of benzene rings is 3. The second-order valence-electron chi connectivity index (χ2n) is 7.91. The van der Waals surface area contributed by atoms with Crippen LogP contribution in [-0.4, -0.2) is 43.6 Å². The Kier molecular flexibility index (Phi) is 7.05. The zero-order chi connectivity index (χ0) is 25.8. The molecule has 1 N–H and O–H groups in total. The van der Waals surface area contributed by atoms with E-state index in [1.54, 1.807) is 73.7 Å².